The zero-order valence-corrected chi connectivity index (χ0v) is 15.0. The predicted molar refractivity (Wildman–Crippen MR) is 98.9 cm³/mol. The minimum atomic E-state index is 0. The SMILES string of the molecule is Cl.NCCCCCCC(=O)Nc1ccc(OCC2CCCO2)cc1. The number of nitrogens with one attached hydrogen (secondary N) is 1. The molecule has 136 valence electrons. The number of carbonyl (C=O) groups excluding carboxylic acids is 1. The summed E-state index contributed by atoms with van der Waals surface area (Å²) in [6.07, 6.45) is 7.06. The van der Waals surface area contributed by atoms with Crippen molar-refractivity contribution < 1.29 is 14.3 Å². The van der Waals surface area contributed by atoms with E-state index < -0.39 is 0 Å². The second-order valence-electron chi connectivity index (χ2n) is 5.97. The van der Waals surface area contributed by atoms with Crippen LogP contribution in [0.1, 0.15) is 44.9 Å². The fraction of sp³-hybridized carbons (Fsp3) is 0.611. The molecule has 0 aliphatic carbocycles. The molecular formula is C18H29ClN2O3. The van der Waals surface area contributed by atoms with E-state index >= 15 is 0 Å². The van der Waals surface area contributed by atoms with Gasteiger partial charge >= 0.3 is 0 Å². The monoisotopic (exact) mass is 356 g/mol. The molecule has 3 N–H and O–H groups in total. The van der Waals surface area contributed by atoms with Gasteiger partial charge in [-0.3, -0.25) is 4.79 Å². The predicted octanol–water partition coefficient (Wildman–Crippen LogP) is 3.51. The van der Waals surface area contributed by atoms with Gasteiger partial charge in [0.2, 0.25) is 5.91 Å². The van der Waals surface area contributed by atoms with Gasteiger partial charge in [0.05, 0.1) is 6.10 Å². The van der Waals surface area contributed by atoms with Gasteiger partial charge in [-0.05, 0) is 56.5 Å². The number of halogens is 1. The van der Waals surface area contributed by atoms with Crippen molar-refractivity contribution >= 4 is 24.0 Å². The number of hydrogen-bond acceptors (Lipinski definition) is 4. The van der Waals surface area contributed by atoms with E-state index in [0.29, 0.717) is 13.0 Å². The molecule has 1 amide bonds. The van der Waals surface area contributed by atoms with E-state index in [4.69, 9.17) is 15.2 Å². The van der Waals surface area contributed by atoms with E-state index in [9.17, 15) is 4.79 Å². The molecule has 1 aromatic rings. The van der Waals surface area contributed by atoms with Crippen molar-refractivity contribution in [3.05, 3.63) is 24.3 Å². The van der Waals surface area contributed by atoms with Gasteiger partial charge < -0.3 is 20.5 Å². The molecule has 1 heterocycles. The van der Waals surface area contributed by atoms with Crippen molar-refractivity contribution in [2.45, 2.75) is 51.0 Å². The van der Waals surface area contributed by atoms with Crippen molar-refractivity contribution in [2.24, 2.45) is 5.73 Å². The number of hydrogen-bond donors (Lipinski definition) is 2. The van der Waals surface area contributed by atoms with Gasteiger partial charge in [0.25, 0.3) is 0 Å². The van der Waals surface area contributed by atoms with Crippen LogP contribution in [0.5, 0.6) is 5.75 Å². The van der Waals surface area contributed by atoms with Gasteiger partial charge in [-0.15, -0.1) is 12.4 Å². The zero-order chi connectivity index (χ0) is 16.3. The lowest BCUT2D eigenvalue weighted by molar-refractivity contribution is -0.116. The topological polar surface area (TPSA) is 73.6 Å². The number of carbonyl (C=O) groups is 1. The Kier molecular flexibility index (Phi) is 10.5. The van der Waals surface area contributed by atoms with Gasteiger partial charge in [0.1, 0.15) is 12.4 Å². The molecule has 1 aliphatic heterocycles. The summed E-state index contributed by atoms with van der Waals surface area (Å²) in [6, 6.07) is 7.51. The third kappa shape index (κ3) is 7.99. The second kappa shape index (κ2) is 12.1. The fourth-order valence-electron chi connectivity index (χ4n) is 2.61. The maximum Gasteiger partial charge on any atom is 0.224 e. The average molecular weight is 357 g/mol. The Hall–Kier alpha value is -1.30. The number of nitrogens with two attached hydrogens (primary N) is 1. The Morgan fingerprint density at radius 2 is 1.96 bits per heavy atom. The average Bonchev–Trinajstić information content (AvgIpc) is 3.07. The van der Waals surface area contributed by atoms with E-state index in [0.717, 1.165) is 63.1 Å². The van der Waals surface area contributed by atoms with Gasteiger partial charge in [-0.1, -0.05) is 12.8 Å². The third-order valence-electron chi connectivity index (χ3n) is 3.96. The third-order valence-corrected chi connectivity index (χ3v) is 3.96. The Labute approximate surface area is 150 Å². The molecule has 0 radical (unpaired) electrons. The smallest absolute Gasteiger partial charge is 0.224 e. The van der Waals surface area contributed by atoms with Crippen molar-refractivity contribution in [3.63, 3.8) is 0 Å². The largest absolute Gasteiger partial charge is 0.491 e. The van der Waals surface area contributed by atoms with Crippen LogP contribution >= 0.6 is 12.4 Å². The molecule has 0 spiro atoms. The zero-order valence-electron chi connectivity index (χ0n) is 14.2. The Balaban J connectivity index is 0.00000288. The molecule has 5 nitrogen and oxygen atoms in total. The summed E-state index contributed by atoms with van der Waals surface area (Å²) in [4.78, 5) is 11.8. The minimum absolute atomic E-state index is 0. The maximum atomic E-state index is 11.8. The van der Waals surface area contributed by atoms with Crippen LogP contribution < -0.4 is 15.8 Å². The summed E-state index contributed by atoms with van der Waals surface area (Å²) in [7, 11) is 0. The molecule has 0 saturated carbocycles. The van der Waals surface area contributed by atoms with Crippen LogP contribution in [0.4, 0.5) is 5.69 Å². The molecule has 1 unspecified atom stereocenters. The maximum absolute atomic E-state index is 11.8. The summed E-state index contributed by atoms with van der Waals surface area (Å²) >= 11 is 0. The van der Waals surface area contributed by atoms with E-state index in [2.05, 4.69) is 5.32 Å². The van der Waals surface area contributed by atoms with Gasteiger partial charge in [0, 0.05) is 18.7 Å². The Morgan fingerprint density at radius 1 is 1.21 bits per heavy atom. The molecule has 1 aliphatic rings. The second-order valence-corrected chi connectivity index (χ2v) is 5.97. The highest BCUT2D eigenvalue weighted by Crippen LogP contribution is 2.18. The van der Waals surface area contributed by atoms with Gasteiger partial charge in [-0.25, -0.2) is 0 Å². The molecule has 1 aromatic carbocycles. The first-order valence-electron chi connectivity index (χ1n) is 8.62. The molecule has 1 atom stereocenters. The van der Waals surface area contributed by atoms with E-state index in [1.54, 1.807) is 0 Å². The molecule has 24 heavy (non-hydrogen) atoms. The number of benzene rings is 1. The summed E-state index contributed by atoms with van der Waals surface area (Å²) < 4.78 is 11.2. The van der Waals surface area contributed by atoms with Crippen molar-refractivity contribution in [2.75, 3.05) is 25.1 Å². The first-order chi connectivity index (χ1) is 11.3. The first-order valence-corrected chi connectivity index (χ1v) is 8.62. The lowest BCUT2D eigenvalue weighted by Gasteiger charge is -2.12. The molecule has 0 aromatic heterocycles. The van der Waals surface area contributed by atoms with E-state index in [1.807, 2.05) is 24.3 Å². The number of ether oxygens (including phenoxy) is 2. The summed E-state index contributed by atoms with van der Waals surface area (Å²) in [5.74, 6) is 0.867. The lowest BCUT2D eigenvalue weighted by atomic mass is 10.1. The van der Waals surface area contributed by atoms with Crippen molar-refractivity contribution in [3.8, 4) is 5.75 Å². The molecule has 1 fully saturated rings. The van der Waals surface area contributed by atoms with Crippen LogP contribution in [0.25, 0.3) is 0 Å². The van der Waals surface area contributed by atoms with Crippen LogP contribution in [-0.2, 0) is 9.53 Å². The standard InChI is InChI=1S/C18H28N2O3.ClH/c19-12-4-2-1-3-7-18(21)20-15-8-10-16(11-9-15)23-14-17-6-5-13-22-17;/h8-11,17H,1-7,12-14,19H2,(H,20,21);1H. The minimum Gasteiger partial charge on any atom is -0.491 e. The van der Waals surface area contributed by atoms with Crippen molar-refractivity contribution in [1.82, 2.24) is 0 Å². The molecule has 1 saturated heterocycles. The van der Waals surface area contributed by atoms with Gasteiger partial charge in [-0.2, -0.15) is 0 Å². The van der Waals surface area contributed by atoms with Crippen molar-refractivity contribution in [1.29, 1.82) is 0 Å². The number of rotatable bonds is 10. The highest BCUT2D eigenvalue weighted by molar-refractivity contribution is 5.90. The van der Waals surface area contributed by atoms with E-state index in [1.165, 1.54) is 0 Å². The molecule has 2 rings (SSSR count). The van der Waals surface area contributed by atoms with Crippen LogP contribution in [0.2, 0.25) is 0 Å². The van der Waals surface area contributed by atoms with E-state index in [-0.39, 0.29) is 24.4 Å². The van der Waals surface area contributed by atoms with Crippen LogP contribution in [0, 0.1) is 0 Å². The molecule has 0 bridgehead atoms. The van der Waals surface area contributed by atoms with Crippen LogP contribution in [0.15, 0.2) is 24.3 Å². The lowest BCUT2D eigenvalue weighted by Crippen LogP contribution is -2.16. The normalized spacial score (nSPS) is 16.5. The Morgan fingerprint density at radius 3 is 2.62 bits per heavy atom. The molecular weight excluding hydrogens is 328 g/mol. The summed E-state index contributed by atoms with van der Waals surface area (Å²) in [6.45, 7) is 2.16. The highest BCUT2D eigenvalue weighted by Gasteiger charge is 2.15. The molecule has 6 heteroatoms. The fourth-order valence-corrected chi connectivity index (χ4v) is 2.61. The van der Waals surface area contributed by atoms with Crippen LogP contribution in [-0.4, -0.2) is 31.8 Å². The quantitative estimate of drug-likeness (QED) is 0.629. The van der Waals surface area contributed by atoms with Gasteiger partial charge in [0.15, 0.2) is 0 Å². The Bertz CT molecular complexity index is 462. The first kappa shape index (κ1) is 20.7. The number of unbranched alkanes of at least 4 members (excludes halogenated alkanes) is 3. The highest BCUT2D eigenvalue weighted by atomic mass is 35.5. The summed E-state index contributed by atoms with van der Waals surface area (Å²) in [5.41, 5.74) is 6.25. The van der Waals surface area contributed by atoms with Crippen LogP contribution in [0.3, 0.4) is 0 Å². The summed E-state index contributed by atoms with van der Waals surface area (Å²) in [5, 5.41) is 2.91. The number of anilines is 1. The number of amides is 1.